The third kappa shape index (κ3) is 6.38. The molecule has 0 fully saturated rings. The highest BCUT2D eigenvalue weighted by atomic mass is 35.5. The van der Waals surface area contributed by atoms with Crippen molar-refractivity contribution in [3.63, 3.8) is 0 Å². The summed E-state index contributed by atoms with van der Waals surface area (Å²) < 4.78 is 39.2. The number of benzene rings is 3. The molecule has 0 aliphatic rings. The Morgan fingerprint density at radius 2 is 1.58 bits per heavy atom. The molecule has 0 radical (unpaired) electrons. The first kappa shape index (κ1) is 28.8. The summed E-state index contributed by atoms with van der Waals surface area (Å²) in [5.41, 5.74) is 0.798. The van der Waals surface area contributed by atoms with Crippen LogP contribution < -0.4 is 19.1 Å². The molecule has 1 atom stereocenters. The molecule has 0 aromatic heterocycles. The van der Waals surface area contributed by atoms with Crippen LogP contribution in [0, 0.1) is 0 Å². The number of anilines is 1. The predicted octanol–water partition coefficient (Wildman–Crippen LogP) is 3.72. The fourth-order valence-electron chi connectivity index (χ4n) is 3.83. The molecular formula is C27H30ClN3O6S. The first-order valence-electron chi connectivity index (χ1n) is 11.7. The molecule has 0 unspecified atom stereocenters. The zero-order valence-electron chi connectivity index (χ0n) is 21.5. The lowest BCUT2D eigenvalue weighted by atomic mass is 10.1. The zero-order valence-corrected chi connectivity index (χ0v) is 23.1. The number of hydrogen-bond acceptors (Lipinski definition) is 6. The maximum atomic E-state index is 13.8. The Kier molecular flexibility index (Phi) is 9.60. The van der Waals surface area contributed by atoms with E-state index in [-0.39, 0.29) is 22.9 Å². The number of halogens is 1. The molecule has 11 heteroatoms. The topological polar surface area (TPSA) is 105 Å². The van der Waals surface area contributed by atoms with Crippen LogP contribution in [0.25, 0.3) is 0 Å². The average molecular weight is 560 g/mol. The van der Waals surface area contributed by atoms with E-state index in [0.29, 0.717) is 16.3 Å². The van der Waals surface area contributed by atoms with Crippen molar-refractivity contribution in [2.45, 2.75) is 24.4 Å². The number of amides is 2. The molecule has 0 aliphatic heterocycles. The Morgan fingerprint density at radius 3 is 2.18 bits per heavy atom. The Bertz CT molecular complexity index is 1380. The summed E-state index contributed by atoms with van der Waals surface area (Å²) in [5.74, 6) is -0.324. The maximum absolute atomic E-state index is 13.8. The second-order valence-corrected chi connectivity index (χ2v) is 10.5. The van der Waals surface area contributed by atoms with Crippen LogP contribution in [0.2, 0.25) is 5.02 Å². The summed E-state index contributed by atoms with van der Waals surface area (Å²) in [6, 6.07) is 18.4. The van der Waals surface area contributed by atoms with Gasteiger partial charge in [-0.2, -0.15) is 0 Å². The molecule has 0 spiro atoms. The first-order chi connectivity index (χ1) is 18.1. The minimum atomic E-state index is -4.20. The van der Waals surface area contributed by atoms with Crippen LogP contribution in [-0.4, -0.2) is 59.0 Å². The molecule has 0 aliphatic carbocycles. The number of methoxy groups -OCH3 is 2. The molecule has 3 rings (SSSR count). The summed E-state index contributed by atoms with van der Waals surface area (Å²) in [6.45, 7) is 0.983. The van der Waals surface area contributed by atoms with Crippen molar-refractivity contribution in [1.29, 1.82) is 0 Å². The molecular weight excluding hydrogens is 530 g/mol. The number of hydrogen-bond donors (Lipinski definition) is 1. The largest absolute Gasteiger partial charge is 0.493 e. The molecule has 3 aromatic carbocycles. The summed E-state index contributed by atoms with van der Waals surface area (Å²) in [5, 5.41) is 2.96. The number of sulfonamides is 1. The zero-order chi connectivity index (χ0) is 27.9. The van der Waals surface area contributed by atoms with Crippen molar-refractivity contribution < 1.29 is 27.5 Å². The van der Waals surface area contributed by atoms with Crippen molar-refractivity contribution in [1.82, 2.24) is 10.2 Å². The number of nitrogens with one attached hydrogen (secondary N) is 1. The van der Waals surface area contributed by atoms with Crippen LogP contribution in [0.4, 0.5) is 5.69 Å². The van der Waals surface area contributed by atoms with Crippen molar-refractivity contribution in [2.24, 2.45) is 0 Å². The van der Waals surface area contributed by atoms with Gasteiger partial charge >= 0.3 is 0 Å². The Balaban J connectivity index is 2.09. The lowest BCUT2D eigenvalue weighted by Crippen LogP contribution is -2.50. The summed E-state index contributed by atoms with van der Waals surface area (Å²) >= 11 is 6.34. The van der Waals surface area contributed by atoms with E-state index in [1.54, 1.807) is 55.5 Å². The lowest BCUT2D eigenvalue weighted by molar-refractivity contribution is -0.139. The number of rotatable bonds is 11. The molecule has 0 saturated heterocycles. The van der Waals surface area contributed by atoms with E-state index in [9.17, 15) is 18.0 Å². The van der Waals surface area contributed by atoms with Gasteiger partial charge in [-0.1, -0.05) is 48.0 Å². The van der Waals surface area contributed by atoms with Gasteiger partial charge in [0.25, 0.3) is 10.0 Å². The summed E-state index contributed by atoms with van der Waals surface area (Å²) in [7, 11) is 0.162. The van der Waals surface area contributed by atoms with Crippen molar-refractivity contribution in [2.75, 3.05) is 32.1 Å². The van der Waals surface area contributed by atoms with Crippen LogP contribution in [-0.2, 0) is 26.2 Å². The monoisotopic (exact) mass is 559 g/mol. The second kappa shape index (κ2) is 12.7. The van der Waals surface area contributed by atoms with Gasteiger partial charge in [0.05, 0.1) is 24.8 Å². The van der Waals surface area contributed by atoms with E-state index in [1.165, 1.54) is 50.4 Å². The predicted molar refractivity (Wildman–Crippen MR) is 146 cm³/mol. The molecule has 9 nitrogen and oxygen atoms in total. The van der Waals surface area contributed by atoms with Gasteiger partial charge in [0.15, 0.2) is 11.5 Å². The van der Waals surface area contributed by atoms with E-state index in [4.69, 9.17) is 21.1 Å². The molecule has 2 amide bonds. The van der Waals surface area contributed by atoms with Gasteiger partial charge in [0.1, 0.15) is 12.6 Å². The van der Waals surface area contributed by atoms with Crippen molar-refractivity contribution >= 4 is 39.1 Å². The molecule has 202 valence electrons. The summed E-state index contributed by atoms with van der Waals surface area (Å²) in [4.78, 5) is 27.7. The van der Waals surface area contributed by atoms with Crippen molar-refractivity contribution in [3.05, 3.63) is 83.4 Å². The molecule has 0 saturated carbocycles. The minimum Gasteiger partial charge on any atom is -0.493 e. The van der Waals surface area contributed by atoms with Gasteiger partial charge in [-0.05, 0) is 42.8 Å². The van der Waals surface area contributed by atoms with Crippen LogP contribution in [0.3, 0.4) is 0 Å². The van der Waals surface area contributed by atoms with Gasteiger partial charge in [-0.25, -0.2) is 8.42 Å². The Hall–Kier alpha value is -3.76. The van der Waals surface area contributed by atoms with Gasteiger partial charge < -0.3 is 19.7 Å². The average Bonchev–Trinajstić information content (AvgIpc) is 2.94. The van der Waals surface area contributed by atoms with Gasteiger partial charge in [0, 0.05) is 24.7 Å². The fraction of sp³-hybridized carbons (Fsp3) is 0.259. The van der Waals surface area contributed by atoms with E-state index in [2.05, 4.69) is 5.32 Å². The summed E-state index contributed by atoms with van der Waals surface area (Å²) in [6.07, 6.45) is 0. The third-order valence-electron chi connectivity index (χ3n) is 5.98. The van der Waals surface area contributed by atoms with Crippen molar-refractivity contribution in [3.8, 4) is 11.5 Å². The standard InChI is InChI=1S/C27H30ClN3O6S/c1-19(27(33)29-2)30(17-20-10-8-9-13-23(20)28)26(32)18-31(38(34,35)22-11-6-5-7-12-22)21-14-15-24(36-3)25(16-21)37-4/h5-16,19H,17-18H2,1-4H3,(H,29,33)/t19-/m1/s1. The molecule has 3 aromatic rings. The van der Waals surface area contributed by atoms with E-state index in [1.807, 2.05) is 0 Å². The van der Waals surface area contributed by atoms with Crippen LogP contribution >= 0.6 is 11.6 Å². The first-order valence-corrected chi connectivity index (χ1v) is 13.5. The Labute approximate surface area is 228 Å². The highest BCUT2D eigenvalue weighted by molar-refractivity contribution is 7.92. The second-order valence-electron chi connectivity index (χ2n) is 8.27. The molecule has 38 heavy (non-hydrogen) atoms. The SMILES string of the molecule is CNC(=O)[C@@H](C)N(Cc1ccccc1Cl)C(=O)CN(c1ccc(OC)c(OC)c1)S(=O)(=O)c1ccccc1. The minimum absolute atomic E-state index is 0.000381. The number of likely N-dealkylation sites (N-methyl/N-ethyl adjacent to an activating group) is 1. The van der Waals surface area contributed by atoms with E-state index in [0.717, 1.165) is 4.31 Å². The van der Waals surface area contributed by atoms with Crippen LogP contribution in [0.1, 0.15) is 12.5 Å². The number of nitrogens with zero attached hydrogens (tertiary/aromatic N) is 2. The van der Waals surface area contributed by atoms with Gasteiger partial charge in [-0.3, -0.25) is 13.9 Å². The quantitative estimate of drug-likeness (QED) is 0.384. The van der Waals surface area contributed by atoms with Crippen LogP contribution in [0.15, 0.2) is 77.7 Å². The molecule has 0 heterocycles. The third-order valence-corrected chi connectivity index (χ3v) is 8.13. The van der Waals surface area contributed by atoms with E-state index < -0.39 is 34.4 Å². The smallest absolute Gasteiger partial charge is 0.264 e. The lowest BCUT2D eigenvalue weighted by Gasteiger charge is -2.32. The van der Waals surface area contributed by atoms with E-state index >= 15 is 0 Å². The maximum Gasteiger partial charge on any atom is 0.264 e. The van der Waals surface area contributed by atoms with Gasteiger partial charge in [0.2, 0.25) is 11.8 Å². The number of carbonyl (C=O) groups excluding carboxylic acids is 2. The fourth-order valence-corrected chi connectivity index (χ4v) is 5.45. The number of ether oxygens (including phenoxy) is 2. The highest BCUT2D eigenvalue weighted by Crippen LogP contribution is 2.34. The molecule has 0 bridgehead atoms. The Morgan fingerprint density at radius 1 is 0.947 bits per heavy atom. The number of carbonyl (C=O) groups is 2. The van der Waals surface area contributed by atoms with Crippen LogP contribution in [0.5, 0.6) is 11.5 Å². The normalized spacial score (nSPS) is 11.8. The molecule has 1 N–H and O–H groups in total. The van der Waals surface area contributed by atoms with Gasteiger partial charge in [-0.15, -0.1) is 0 Å². The highest BCUT2D eigenvalue weighted by Gasteiger charge is 2.33.